The highest BCUT2D eigenvalue weighted by atomic mass is 32.2. The van der Waals surface area contributed by atoms with Gasteiger partial charge >= 0.3 is 6.18 Å². The molecule has 1 aromatic carbocycles. The standard InChI is InChI=1S/C15H18F3N3O2S.CH4S/c1-10(2)24(22,23)13-8-6-5-7-12(13)21-14(20-4)11(9-19-3)15(16,17)18;1-2/h5-10H,3H2,1-2,4H3,(H,20,21);2H,1H3/b11-9+;. The summed E-state index contributed by atoms with van der Waals surface area (Å²) in [6.07, 6.45) is -2.51. The van der Waals surface area contributed by atoms with E-state index in [1.54, 1.807) is 6.26 Å². The van der Waals surface area contributed by atoms with Crippen LogP contribution in [-0.4, -0.2) is 45.7 Å². The molecule has 0 atom stereocenters. The number of amidine groups is 1. The maximum absolute atomic E-state index is 13.1. The molecule has 146 valence electrons. The van der Waals surface area contributed by atoms with Crippen molar-refractivity contribution in [2.45, 2.75) is 30.2 Å². The van der Waals surface area contributed by atoms with Crippen LogP contribution in [-0.2, 0) is 9.84 Å². The van der Waals surface area contributed by atoms with E-state index in [-0.39, 0.29) is 10.6 Å². The second kappa shape index (κ2) is 10.4. The molecule has 0 radical (unpaired) electrons. The monoisotopic (exact) mass is 409 g/mol. The minimum Gasteiger partial charge on any atom is -0.339 e. The number of para-hydroxylation sites is 1. The van der Waals surface area contributed by atoms with Crippen molar-refractivity contribution in [1.82, 2.24) is 0 Å². The summed E-state index contributed by atoms with van der Waals surface area (Å²) in [6, 6.07) is 5.70. The summed E-state index contributed by atoms with van der Waals surface area (Å²) in [4.78, 5) is 6.61. The van der Waals surface area contributed by atoms with Gasteiger partial charge in [-0.2, -0.15) is 25.8 Å². The zero-order valence-electron chi connectivity index (χ0n) is 14.9. The topological polar surface area (TPSA) is 70.9 Å². The van der Waals surface area contributed by atoms with Crippen LogP contribution in [0.25, 0.3) is 0 Å². The number of sulfone groups is 1. The van der Waals surface area contributed by atoms with Crippen molar-refractivity contribution in [3.63, 3.8) is 0 Å². The van der Waals surface area contributed by atoms with E-state index in [1.165, 1.54) is 38.1 Å². The van der Waals surface area contributed by atoms with Gasteiger partial charge in [-0.3, -0.25) is 9.98 Å². The second-order valence-corrected chi connectivity index (χ2v) is 7.48. The van der Waals surface area contributed by atoms with E-state index in [0.717, 1.165) is 7.05 Å². The Balaban J connectivity index is 0.00000301. The Morgan fingerprint density at radius 3 is 2.23 bits per heavy atom. The van der Waals surface area contributed by atoms with Crippen molar-refractivity contribution in [2.24, 2.45) is 9.98 Å². The van der Waals surface area contributed by atoms with Crippen LogP contribution in [0.3, 0.4) is 0 Å². The van der Waals surface area contributed by atoms with Gasteiger partial charge in [0.15, 0.2) is 9.84 Å². The van der Waals surface area contributed by atoms with E-state index in [9.17, 15) is 21.6 Å². The zero-order chi connectivity index (χ0) is 20.5. The Hall–Kier alpha value is -1.81. The van der Waals surface area contributed by atoms with Crippen molar-refractivity contribution in [3.05, 3.63) is 36.0 Å². The Labute approximate surface area is 157 Å². The van der Waals surface area contributed by atoms with Gasteiger partial charge in [-0.1, -0.05) is 12.1 Å². The average Bonchev–Trinajstić information content (AvgIpc) is 2.59. The third-order valence-electron chi connectivity index (χ3n) is 3.07. The summed E-state index contributed by atoms with van der Waals surface area (Å²) in [7, 11) is -2.53. The Bertz CT molecular complexity index is 771. The number of rotatable bonds is 5. The molecule has 0 heterocycles. The summed E-state index contributed by atoms with van der Waals surface area (Å²) in [5.74, 6) is -0.554. The first kappa shape index (κ1) is 24.2. The van der Waals surface area contributed by atoms with Gasteiger partial charge in [0.25, 0.3) is 0 Å². The maximum atomic E-state index is 13.1. The first-order valence-electron chi connectivity index (χ1n) is 7.30. The summed E-state index contributed by atoms with van der Waals surface area (Å²) >= 11 is 3.53. The second-order valence-electron chi connectivity index (χ2n) is 5.01. The van der Waals surface area contributed by atoms with E-state index in [2.05, 4.69) is 34.6 Å². The number of anilines is 1. The van der Waals surface area contributed by atoms with Crippen LogP contribution in [0.2, 0.25) is 0 Å². The minimum absolute atomic E-state index is 0.00557. The molecule has 0 amide bonds. The number of thiol groups is 1. The lowest BCUT2D eigenvalue weighted by molar-refractivity contribution is -0.0862. The fourth-order valence-corrected chi connectivity index (χ4v) is 3.00. The number of halogens is 3. The van der Waals surface area contributed by atoms with E-state index >= 15 is 0 Å². The number of benzene rings is 1. The average molecular weight is 409 g/mol. The molecule has 0 saturated carbocycles. The predicted molar refractivity (Wildman–Crippen MR) is 104 cm³/mol. The molecular formula is C16H22F3N3O2S2. The van der Waals surface area contributed by atoms with Gasteiger partial charge in [-0.25, -0.2) is 8.42 Å². The minimum atomic E-state index is -4.73. The van der Waals surface area contributed by atoms with Crippen molar-refractivity contribution in [3.8, 4) is 0 Å². The SMILES string of the molecule is C=N/C=C(\C(=NC)Nc1ccccc1S(=O)(=O)C(C)C)C(F)(F)F.CS. The van der Waals surface area contributed by atoms with Crippen LogP contribution in [0.4, 0.5) is 18.9 Å². The van der Waals surface area contributed by atoms with Gasteiger partial charge in [0.05, 0.1) is 15.8 Å². The van der Waals surface area contributed by atoms with Crippen molar-refractivity contribution in [2.75, 3.05) is 18.6 Å². The van der Waals surface area contributed by atoms with E-state index in [0.29, 0.717) is 6.20 Å². The van der Waals surface area contributed by atoms with Crippen LogP contribution < -0.4 is 5.32 Å². The molecule has 0 fully saturated rings. The molecular weight excluding hydrogens is 387 g/mol. The zero-order valence-corrected chi connectivity index (χ0v) is 16.6. The molecule has 10 heteroatoms. The number of hydrogen-bond donors (Lipinski definition) is 2. The van der Waals surface area contributed by atoms with E-state index in [1.807, 2.05) is 0 Å². The lowest BCUT2D eigenvalue weighted by atomic mass is 10.2. The lowest BCUT2D eigenvalue weighted by Crippen LogP contribution is -2.27. The molecule has 5 nitrogen and oxygen atoms in total. The van der Waals surface area contributed by atoms with E-state index in [4.69, 9.17) is 0 Å². The first-order chi connectivity index (χ1) is 12.1. The number of aliphatic imine (C=N–C) groups is 2. The fourth-order valence-electron chi connectivity index (χ4n) is 1.80. The molecule has 26 heavy (non-hydrogen) atoms. The van der Waals surface area contributed by atoms with Gasteiger partial charge in [0.1, 0.15) is 11.4 Å². The Kier molecular flexibility index (Phi) is 9.64. The molecule has 1 rings (SSSR count). The maximum Gasteiger partial charge on any atom is 0.421 e. The highest BCUT2D eigenvalue weighted by Gasteiger charge is 2.37. The largest absolute Gasteiger partial charge is 0.421 e. The Morgan fingerprint density at radius 1 is 1.27 bits per heavy atom. The highest BCUT2D eigenvalue weighted by molar-refractivity contribution is 7.92. The van der Waals surface area contributed by atoms with Gasteiger partial charge < -0.3 is 5.32 Å². The fraction of sp³-hybridized carbons (Fsp3) is 0.375. The summed E-state index contributed by atoms with van der Waals surface area (Å²) in [5.41, 5.74) is -1.15. The number of nitrogens with zero attached hydrogens (tertiary/aromatic N) is 2. The lowest BCUT2D eigenvalue weighted by Gasteiger charge is -2.18. The summed E-state index contributed by atoms with van der Waals surface area (Å²) in [5, 5.41) is 1.72. The first-order valence-corrected chi connectivity index (χ1v) is 9.74. The molecule has 0 unspecified atom stereocenters. The van der Waals surface area contributed by atoms with Crippen molar-refractivity contribution in [1.29, 1.82) is 0 Å². The van der Waals surface area contributed by atoms with Crippen LogP contribution in [0, 0.1) is 0 Å². The van der Waals surface area contributed by atoms with Gasteiger partial charge in [0.2, 0.25) is 0 Å². The molecule has 0 aliphatic heterocycles. The molecule has 0 aliphatic carbocycles. The van der Waals surface area contributed by atoms with Crippen LogP contribution in [0.15, 0.2) is 50.9 Å². The molecule has 0 bridgehead atoms. The Morgan fingerprint density at radius 2 is 1.81 bits per heavy atom. The smallest absolute Gasteiger partial charge is 0.339 e. The number of alkyl halides is 3. The molecule has 1 aromatic rings. The third kappa shape index (κ3) is 6.17. The summed E-state index contributed by atoms with van der Waals surface area (Å²) in [6.45, 7) is 5.99. The summed E-state index contributed by atoms with van der Waals surface area (Å²) < 4.78 is 64.1. The van der Waals surface area contributed by atoms with Crippen molar-refractivity contribution >= 4 is 40.7 Å². The highest BCUT2D eigenvalue weighted by Crippen LogP contribution is 2.30. The van der Waals surface area contributed by atoms with Gasteiger partial charge in [0, 0.05) is 13.2 Å². The van der Waals surface area contributed by atoms with Crippen LogP contribution in [0.1, 0.15) is 13.8 Å². The number of nitrogens with one attached hydrogen (secondary N) is 1. The third-order valence-corrected chi connectivity index (χ3v) is 5.28. The quantitative estimate of drug-likeness (QED) is 0.439. The van der Waals surface area contributed by atoms with Gasteiger partial charge in [-0.15, -0.1) is 0 Å². The van der Waals surface area contributed by atoms with E-state index < -0.39 is 32.7 Å². The normalized spacial score (nSPS) is 13.1. The molecule has 0 aromatic heterocycles. The molecule has 1 N–H and O–H groups in total. The van der Waals surface area contributed by atoms with Crippen LogP contribution in [0.5, 0.6) is 0 Å². The molecule has 0 spiro atoms. The number of hydrogen-bond acceptors (Lipinski definition) is 5. The molecule has 0 saturated heterocycles. The molecule has 0 aliphatic rings. The predicted octanol–water partition coefficient (Wildman–Crippen LogP) is 4.00. The van der Waals surface area contributed by atoms with Crippen LogP contribution >= 0.6 is 12.6 Å². The van der Waals surface area contributed by atoms with Crippen molar-refractivity contribution < 1.29 is 21.6 Å². The van der Waals surface area contributed by atoms with Gasteiger partial charge in [-0.05, 0) is 39.0 Å².